The maximum Gasteiger partial charge on any atom is 0.293 e. The second-order valence-corrected chi connectivity index (χ2v) is 8.34. The molecule has 4 rings (SSSR count). The minimum absolute atomic E-state index is 0.101. The molecule has 1 unspecified atom stereocenters. The third-order valence-corrected chi connectivity index (χ3v) is 5.96. The number of hydrogen-bond donors (Lipinski definition) is 1. The molecule has 9 heteroatoms. The molecule has 166 valence electrons. The fourth-order valence-corrected chi connectivity index (χ4v) is 4.22. The lowest BCUT2D eigenvalue weighted by Gasteiger charge is -2.13. The number of amides is 3. The Labute approximate surface area is 190 Å². The van der Waals surface area contributed by atoms with E-state index in [1.165, 1.54) is 0 Å². The maximum absolute atomic E-state index is 12.5. The van der Waals surface area contributed by atoms with E-state index >= 15 is 0 Å². The summed E-state index contributed by atoms with van der Waals surface area (Å²) in [5.74, 6) is 0.0228. The zero-order valence-electron chi connectivity index (χ0n) is 17.4. The molecule has 1 atom stereocenters. The van der Waals surface area contributed by atoms with Gasteiger partial charge in [-0.25, -0.2) is 0 Å². The third kappa shape index (κ3) is 5.54. The van der Waals surface area contributed by atoms with Crippen LogP contribution in [-0.4, -0.2) is 59.3 Å². The Morgan fingerprint density at radius 2 is 2.12 bits per heavy atom. The van der Waals surface area contributed by atoms with E-state index in [9.17, 15) is 14.4 Å². The van der Waals surface area contributed by atoms with E-state index in [-0.39, 0.29) is 36.2 Å². The van der Waals surface area contributed by atoms with E-state index in [1.807, 2.05) is 0 Å². The van der Waals surface area contributed by atoms with Crippen molar-refractivity contribution in [3.05, 3.63) is 64.8 Å². The number of nitrogens with zero attached hydrogens (tertiary/aromatic N) is 2. The highest BCUT2D eigenvalue weighted by molar-refractivity contribution is 8.18. The molecule has 2 aliphatic rings. The van der Waals surface area contributed by atoms with Crippen molar-refractivity contribution < 1.29 is 23.9 Å². The lowest BCUT2D eigenvalue weighted by Crippen LogP contribution is -2.37. The molecule has 2 aliphatic heterocycles. The predicted octanol–water partition coefficient (Wildman–Crippen LogP) is 3.11. The molecule has 0 saturated carbocycles. The number of carbonyl (C=O) groups is 3. The number of nitrogens with one attached hydrogen (secondary N) is 1. The van der Waals surface area contributed by atoms with Crippen LogP contribution in [0, 0.1) is 0 Å². The van der Waals surface area contributed by atoms with E-state index in [4.69, 9.17) is 9.47 Å². The van der Waals surface area contributed by atoms with E-state index < -0.39 is 0 Å². The lowest BCUT2D eigenvalue weighted by molar-refractivity contribution is -0.122. The Morgan fingerprint density at radius 3 is 2.84 bits per heavy atom. The normalized spacial score (nSPS) is 19.6. The van der Waals surface area contributed by atoms with Crippen molar-refractivity contribution in [2.45, 2.75) is 18.9 Å². The number of benzene rings is 1. The van der Waals surface area contributed by atoms with Crippen molar-refractivity contribution in [2.24, 2.45) is 0 Å². The summed E-state index contributed by atoms with van der Waals surface area (Å²) in [6.45, 7) is 1.54. The minimum Gasteiger partial charge on any atom is -0.491 e. The molecule has 3 heterocycles. The number of imide groups is 1. The quantitative estimate of drug-likeness (QED) is 0.614. The summed E-state index contributed by atoms with van der Waals surface area (Å²) in [4.78, 5) is 42.6. The summed E-state index contributed by atoms with van der Waals surface area (Å²) >= 11 is 0.882. The van der Waals surface area contributed by atoms with Crippen LogP contribution in [0.1, 0.15) is 28.8 Å². The summed E-state index contributed by atoms with van der Waals surface area (Å²) < 4.78 is 11.2. The highest BCUT2D eigenvalue weighted by Crippen LogP contribution is 2.31. The molecule has 0 spiro atoms. The van der Waals surface area contributed by atoms with Gasteiger partial charge in [-0.15, -0.1) is 0 Å². The molecule has 8 nitrogen and oxygen atoms in total. The van der Waals surface area contributed by atoms with E-state index in [1.54, 1.807) is 54.9 Å². The standard InChI is InChI=1S/C23H23N3O5S/c27-21(17-5-7-18(8-6-17)31-15-19-4-2-12-30-19)25-10-11-26-22(28)20(32-23(26)29)13-16-3-1-9-24-14-16/h1,3,5-9,13-14,19H,2,4,10-12,15H2,(H,25,27)/b20-13-. The summed E-state index contributed by atoms with van der Waals surface area (Å²) in [7, 11) is 0. The van der Waals surface area contributed by atoms with Crippen molar-refractivity contribution in [1.29, 1.82) is 0 Å². The Bertz CT molecular complexity index is 1000. The van der Waals surface area contributed by atoms with E-state index in [2.05, 4.69) is 10.3 Å². The van der Waals surface area contributed by atoms with Crippen LogP contribution in [0.5, 0.6) is 5.75 Å². The van der Waals surface area contributed by atoms with E-state index in [0.717, 1.165) is 41.7 Å². The first-order valence-corrected chi connectivity index (χ1v) is 11.2. The number of hydrogen-bond acceptors (Lipinski definition) is 7. The molecule has 0 bridgehead atoms. The van der Waals surface area contributed by atoms with Gasteiger partial charge in [0.25, 0.3) is 17.1 Å². The highest BCUT2D eigenvalue weighted by Gasteiger charge is 2.34. The fourth-order valence-electron chi connectivity index (χ4n) is 3.36. The van der Waals surface area contributed by atoms with Crippen LogP contribution in [0.25, 0.3) is 6.08 Å². The van der Waals surface area contributed by atoms with Crippen molar-refractivity contribution in [1.82, 2.24) is 15.2 Å². The van der Waals surface area contributed by atoms with Crippen molar-refractivity contribution in [3.8, 4) is 5.75 Å². The molecule has 32 heavy (non-hydrogen) atoms. The first kappa shape index (κ1) is 22.0. The number of ether oxygens (including phenoxy) is 2. The minimum atomic E-state index is -0.370. The maximum atomic E-state index is 12.5. The second kappa shape index (κ2) is 10.4. The van der Waals surface area contributed by atoms with Crippen LogP contribution in [0.2, 0.25) is 0 Å². The second-order valence-electron chi connectivity index (χ2n) is 7.35. The van der Waals surface area contributed by atoms with Crippen LogP contribution in [0.3, 0.4) is 0 Å². The van der Waals surface area contributed by atoms with Gasteiger partial charge < -0.3 is 14.8 Å². The van der Waals surface area contributed by atoms with Gasteiger partial charge in [-0.1, -0.05) is 6.07 Å². The molecule has 2 fully saturated rings. The topological polar surface area (TPSA) is 97.8 Å². The molecule has 0 aliphatic carbocycles. The fraction of sp³-hybridized carbons (Fsp3) is 0.304. The Hall–Kier alpha value is -3.17. The van der Waals surface area contributed by atoms with Gasteiger partial charge in [-0.05, 0) is 66.6 Å². The van der Waals surface area contributed by atoms with Gasteiger partial charge in [0, 0.05) is 37.7 Å². The number of rotatable bonds is 8. The first-order chi connectivity index (χ1) is 15.6. The average molecular weight is 454 g/mol. The van der Waals surface area contributed by atoms with Gasteiger partial charge in [-0.2, -0.15) is 0 Å². The number of aromatic nitrogens is 1. The molecule has 1 aromatic heterocycles. The number of thioether (sulfide) groups is 1. The summed E-state index contributed by atoms with van der Waals surface area (Å²) in [5.41, 5.74) is 1.22. The highest BCUT2D eigenvalue weighted by atomic mass is 32.2. The van der Waals surface area contributed by atoms with Gasteiger partial charge >= 0.3 is 0 Å². The Morgan fingerprint density at radius 1 is 1.28 bits per heavy atom. The van der Waals surface area contributed by atoms with Gasteiger partial charge in [0.1, 0.15) is 12.4 Å². The van der Waals surface area contributed by atoms with Gasteiger partial charge in [0.2, 0.25) is 0 Å². The van der Waals surface area contributed by atoms with Crippen LogP contribution in [0.15, 0.2) is 53.7 Å². The van der Waals surface area contributed by atoms with Gasteiger partial charge in [-0.3, -0.25) is 24.3 Å². The van der Waals surface area contributed by atoms with Crippen molar-refractivity contribution >= 4 is 34.9 Å². The Kier molecular flexibility index (Phi) is 7.18. The number of carbonyl (C=O) groups excluding carboxylic acids is 3. The third-order valence-electron chi connectivity index (χ3n) is 5.05. The smallest absolute Gasteiger partial charge is 0.293 e. The predicted molar refractivity (Wildman–Crippen MR) is 120 cm³/mol. The summed E-state index contributed by atoms with van der Waals surface area (Å²) in [6.07, 6.45) is 7.08. The Balaban J connectivity index is 1.25. The van der Waals surface area contributed by atoms with Gasteiger partial charge in [0.05, 0.1) is 11.0 Å². The van der Waals surface area contributed by atoms with Gasteiger partial charge in [0.15, 0.2) is 0 Å². The molecular weight excluding hydrogens is 430 g/mol. The van der Waals surface area contributed by atoms with Crippen molar-refractivity contribution in [3.63, 3.8) is 0 Å². The summed E-state index contributed by atoms with van der Waals surface area (Å²) in [5, 5.41) is 2.39. The van der Waals surface area contributed by atoms with Crippen LogP contribution in [-0.2, 0) is 9.53 Å². The zero-order valence-corrected chi connectivity index (χ0v) is 18.2. The molecule has 1 aromatic carbocycles. The molecule has 2 aromatic rings. The molecule has 0 radical (unpaired) electrons. The lowest BCUT2D eigenvalue weighted by atomic mass is 10.2. The largest absolute Gasteiger partial charge is 0.491 e. The first-order valence-electron chi connectivity index (χ1n) is 10.4. The molecule has 1 N–H and O–H groups in total. The van der Waals surface area contributed by atoms with Crippen LogP contribution in [0.4, 0.5) is 4.79 Å². The van der Waals surface area contributed by atoms with Crippen LogP contribution < -0.4 is 10.1 Å². The SMILES string of the molecule is O=C(NCCN1C(=O)S/C(=C\c2cccnc2)C1=O)c1ccc(OCC2CCCO2)cc1. The summed E-state index contributed by atoms with van der Waals surface area (Å²) in [6, 6.07) is 10.4. The molecule has 2 saturated heterocycles. The monoisotopic (exact) mass is 453 g/mol. The zero-order chi connectivity index (χ0) is 22.3. The van der Waals surface area contributed by atoms with E-state index in [0.29, 0.717) is 22.8 Å². The van der Waals surface area contributed by atoms with Crippen LogP contribution >= 0.6 is 11.8 Å². The molecule has 3 amide bonds. The van der Waals surface area contributed by atoms with Crippen molar-refractivity contribution in [2.75, 3.05) is 26.3 Å². The molecular formula is C23H23N3O5S. The number of pyridine rings is 1. The average Bonchev–Trinajstić information content (AvgIpc) is 3.42.